The number of hydrogen-bond acceptors (Lipinski definition) is 2. The second kappa shape index (κ2) is 10.3. The number of unbranched alkanes of at least 4 members (excludes halogenated alkanes) is 6. The van der Waals surface area contributed by atoms with Gasteiger partial charge in [0.15, 0.2) is 0 Å². The summed E-state index contributed by atoms with van der Waals surface area (Å²) in [5.74, 6) is 1.04. The van der Waals surface area contributed by atoms with E-state index in [4.69, 9.17) is 5.73 Å². The van der Waals surface area contributed by atoms with Gasteiger partial charge in [0, 0.05) is 0 Å². The Bertz CT molecular complexity index is 58.6. The van der Waals surface area contributed by atoms with Gasteiger partial charge in [-0.2, -0.15) is 12.6 Å². The molecule has 0 saturated heterocycles. The average molecular weight is 175 g/mol. The molecule has 0 aromatic carbocycles. The molecule has 0 amide bonds. The van der Waals surface area contributed by atoms with Gasteiger partial charge in [-0.3, -0.25) is 0 Å². The molecule has 0 fully saturated rings. The molecule has 0 spiro atoms. The Morgan fingerprint density at radius 2 is 1.18 bits per heavy atom. The molecule has 0 aliphatic rings. The molecular weight excluding hydrogens is 154 g/mol. The minimum atomic E-state index is 0.858. The van der Waals surface area contributed by atoms with Crippen LogP contribution < -0.4 is 5.73 Å². The lowest BCUT2D eigenvalue weighted by Gasteiger charge is -1.98. The van der Waals surface area contributed by atoms with Crippen LogP contribution in [-0.2, 0) is 0 Å². The number of nitrogens with two attached hydrogens (primary N) is 1. The van der Waals surface area contributed by atoms with Crippen molar-refractivity contribution in [1.29, 1.82) is 0 Å². The molecule has 0 unspecified atom stereocenters. The van der Waals surface area contributed by atoms with E-state index < -0.39 is 0 Å². The van der Waals surface area contributed by atoms with Crippen molar-refractivity contribution >= 4 is 12.6 Å². The summed E-state index contributed by atoms with van der Waals surface area (Å²) in [6, 6.07) is 0. The minimum absolute atomic E-state index is 0.858. The monoisotopic (exact) mass is 175 g/mol. The summed E-state index contributed by atoms with van der Waals surface area (Å²) in [4.78, 5) is 0. The average Bonchev–Trinajstić information content (AvgIpc) is 2.03. The van der Waals surface area contributed by atoms with Crippen molar-refractivity contribution < 1.29 is 0 Å². The van der Waals surface area contributed by atoms with Gasteiger partial charge in [-0.05, 0) is 25.1 Å². The van der Waals surface area contributed by atoms with Gasteiger partial charge in [-0.25, -0.2) is 0 Å². The smallest absolute Gasteiger partial charge is 0.00773 e. The van der Waals surface area contributed by atoms with Crippen molar-refractivity contribution in [2.45, 2.75) is 44.9 Å². The van der Waals surface area contributed by atoms with E-state index in [9.17, 15) is 0 Å². The van der Waals surface area contributed by atoms with E-state index in [1.807, 2.05) is 0 Å². The zero-order valence-corrected chi connectivity index (χ0v) is 8.28. The van der Waals surface area contributed by atoms with Crippen molar-refractivity contribution in [1.82, 2.24) is 0 Å². The molecule has 0 radical (unpaired) electrons. The first-order valence-corrected chi connectivity index (χ1v) is 5.36. The fourth-order valence-electron chi connectivity index (χ4n) is 1.14. The SMILES string of the molecule is NCCCCCCCCCS. The maximum absolute atomic E-state index is 5.38. The zero-order chi connectivity index (χ0) is 8.36. The fraction of sp³-hybridized carbons (Fsp3) is 1.00. The Labute approximate surface area is 76.2 Å². The van der Waals surface area contributed by atoms with Crippen LogP contribution >= 0.6 is 12.6 Å². The van der Waals surface area contributed by atoms with Crippen molar-refractivity contribution in [2.24, 2.45) is 5.73 Å². The quantitative estimate of drug-likeness (QED) is 0.430. The van der Waals surface area contributed by atoms with E-state index in [0.29, 0.717) is 0 Å². The van der Waals surface area contributed by atoms with Gasteiger partial charge in [0.25, 0.3) is 0 Å². The third-order valence-corrected chi connectivity index (χ3v) is 2.18. The third kappa shape index (κ3) is 10.3. The van der Waals surface area contributed by atoms with Crippen molar-refractivity contribution in [3.63, 3.8) is 0 Å². The number of thiol groups is 1. The van der Waals surface area contributed by atoms with Crippen molar-refractivity contribution in [2.75, 3.05) is 12.3 Å². The van der Waals surface area contributed by atoms with Gasteiger partial charge in [-0.15, -0.1) is 0 Å². The van der Waals surface area contributed by atoms with Gasteiger partial charge in [0.2, 0.25) is 0 Å². The molecule has 2 N–H and O–H groups in total. The molecule has 0 aliphatic carbocycles. The first kappa shape index (κ1) is 11.3. The van der Waals surface area contributed by atoms with E-state index in [1.165, 1.54) is 44.9 Å². The Hall–Kier alpha value is 0.310. The highest BCUT2D eigenvalue weighted by atomic mass is 32.1. The molecule has 0 aromatic heterocycles. The van der Waals surface area contributed by atoms with Crippen LogP contribution in [0, 0.1) is 0 Å². The van der Waals surface area contributed by atoms with Gasteiger partial charge in [0.05, 0.1) is 0 Å². The Morgan fingerprint density at radius 3 is 1.64 bits per heavy atom. The van der Waals surface area contributed by atoms with Crippen LogP contribution in [0.2, 0.25) is 0 Å². The summed E-state index contributed by atoms with van der Waals surface area (Å²) in [6.45, 7) is 0.858. The van der Waals surface area contributed by atoms with Crippen LogP contribution in [0.15, 0.2) is 0 Å². The predicted octanol–water partition coefficient (Wildman–Crippen LogP) is 2.61. The van der Waals surface area contributed by atoms with Gasteiger partial charge < -0.3 is 5.73 Å². The second-order valence-electron chi connectivity index (χ2n) is 2.99. The second-order valence-corrected chi connectivity index (χ2v) is 3.43. The predicted molar refractivity (Wildman–Crippen MR) is 55.2 cm³/mol. The highest BCUT2D eigenvalue weighted by Gasteiger charge is 1.89. The van der Waals surface area contributed by atoms with Crippen LogP contribution in [0.25, 0.3) is 0 Å². The third-order valence-electron chi connectivity index (χ3n) is 1.86. The van der Waals surface area contributed by atoms with Gasteiger partial charge in [-0.1, -0.05) is 32.1 Å². The molecule has 0 heterocycles. The van der Waals surface area contributed by atoms with Gasteiger partial charge >= 0.3 is 0 Å². The lowest BCUT2D eigenvalue weighted by Crippen LogP contribution is -1.97. The largest absolute Gasteiger partial charge is 0.330 e. The Kier molecular flexibility index (Phi) is 10.6. The van der Waals surface area contributed by atoms with E-state index in [-0.39, 0.29) is 0 Å². The standard InChI is InChI=1S/C9H21NS/c10-8-6-4-2-1-3-5-7-9-11/h11H,1-10H2. The normalized spacial score (nSPS) is 10.4. The Balaban J connectivity index is 2.69. The lowest BCUT2D eigenvalue weighted by molar-refractivity contribution is 0.594. The van der Waals surface area contributed by atoms with Crippen LogP contribution in [0.5, 0.6) is 0 Å². The van der Waals surface area contributed by atoms with E-state index in [1.54, 1.807) is 0 Å². The molecule has 2 heteroatoms. The molecule has 0 rings (SSSR count). The molecule has 68 valence electrons. The molecule has 0 aliphatic heterocycles. The topological polar surface area (TPSA) is 26.0 Å². The van der Waals surface area contributed by atoms with Crippen molar-refractivity contribution in [3.8, 4) is 0 Å². The molecular formula is C9H21NS. The molecule has 0 bridgehead atoms. The van der Waals surface area contributed by atoms with E-state index >= 15 is 0 Å². The van der Waals surface area contributed by atoms with Crippen LogP contribution in [0.1, 0.15) is 44.9 Å². The molecule has 1 nitrogen and oxygen atoms in total. The summed E-state index contributed by atoms with van der Waals surface area (Å²) < 4.78 is 0. The first-order valence-electron chi connectivity index (χ1n) is 4.72. The minimum Gasteiger partial charge on any atom is -0.330 e. The molecule has 0 saturated carbocycles. The summed E-state index contributed by atoms with van der Waals surface area (Å²) in [7, 11) is 0. The Morgan fingerprint density at radius 1 is 0.727 bits per heavy atom. The number of hydrogen-bond donors (Lipinski definition) is 2. The van der Waals surface area contributed by atoms with Crippen LogP contribution in [-0.4, -0.2) is 12.3 Å². The summed E-state index contributed by atoms with van der Waals surface area (Å²) >= 11 is 4.16. The maximum atomic E-state index is 5.38. The lowest BCUT2D eigenvalue weighted by atomic mass is 10.1. The summed E-state index contributed by atoms with van der Waals surface area (Å²) in [6.07, 6.45) is 9.28. The number of rotatable bonds is 8. The van der Waals surface area contributed by atoms with Crippen LogP contribution in [0.4, 0.5) is 0 Å². The molecule has 0 atom stereocenters. The van der Waals surface area contributed by atoms with E-state index in [0.717, 1.165) is 12.3 Å². The summed E-state index contributed by atoms with van der Waals surface area (Å²) in [5, 5.41) is 0. The summed E-state index contributed by atoms with van der Waals surface area (Å²) in [5.41, 5.74) is 5.38. The highest BCUT2D eigenvalue weighted by Crippen LogP contribution is 2.06. The fourth-order valence-corrected chi connectivity index (χ4v) is 1.36. The molecule has 11 heavy (non-hydrogen) atoms. The van der Waals surface area contributed by atoms with Crippen molar-refractivity contribution in [3.05, 3.63) is 0 Å². The van der Waals surface area contributed by atoms with Crippen LogP contribution in [0.3, 0.4) is 0 Å². The first-order chi connectivity index (χ1) is 5.41. The highest BCUT2D eigenvalue weighted by molar-refractivity contribution is 7.80. The maximum Gasteiger partial charge on any atom is -0.00773 e. The van der Waals surface area contributed by atoms with Gasteiger partial charge in [0.1, 0.15) is 0 Å². The zero-order valence-electron chi connectivity index (χ0n) is 7.39. The molecule has 0 aromatic rings. The van der Waals surface area contributed by atoms with E-state index in [2.05, 4.69) is 12.6 Å².